The predicted molar refractivity (Wildman–Crippen MR) is 61.7 cm³/mol. The molecule has 2 nitrogen and oxygen atoms in total. The summed E-state index contributed by atoms with van der Waals surface area (Å²) < 4.78 is 5.14. The summed E-state index contributed by atoms with van der Waals surface area (Å²) in [6.07, 6.45) is 0. The summed E-state index contributed by atoms with van der Waals surface area (Å²) >= 11 is 6.15. The maximum absolute atomic E-state index is 11.2. The van der Waals surface area contributed by atoms with E-state index in [2.05, 4.69) is 0 Å². The van der Waals surface area contributed by atoms with Gasteiger partial charge in [0.05, 0.1) is 0 Å². The quantitative estimate of drug-likeness (QED) is 0.640. The lowest BCUT2D eigenvalue weighted by Crippen LogP contribution is -1.99. The molecule has 0 atom stereocenters. The van der Waals surface area contributed by atoms with Crippen LogP contribution in [0.25, 0.3) is 11.0 Å². The average molecular weight is 223 g/mol. The zero-order valence-corrected chi connectivity index (χ0v) is 9.61. The predicted octanol–water partition coefficient (Wildman–Crippen LogP) is 3.37. The van der Waals surface area contributed by atoms with Gasteiger partial charge in [-0.3, -0.25) is 0 Å². The van der Waals surface area contributed by atoms with E-state index in [1.165, 1.54) is 6.07 Å². The lowest BCUT2D eigenvalue weighted by atomic mass is 10.0. The lowest BCUT2D eigenvalue weighted by Gasteiger charge is -2.08. The van der Waals surface area contributed by atoms with Gasteiger partial charge in [0, 0.05) is 16.5 Å². The molecule has 0 aliphatic heterocycles. The molecule has 2 aromatic rings. The minimum Gasteiger partial charge on any atom is -0.423 e. The highest BCUT2D eigenvalue weighted by Crippen LogP contribution is 2.29. The Morgan fingerprint density at radius 2 is 1.80 bits per heavy atom. The standard InChI is InChI=1S/C12H11ClO2/c1-6-5-10(14)15-9-4-7(2)12(13)8(3)11(6)9/h4-5H,1-3H3. The Morgan fingerprint density at radius 1 is 1.13 bits per heavy atom. The third kappa shape index (κ3) is 1.55. The first kappa shape index (κ1) is 10.2. The van der Waals surface area contributed by atoms with Gasteiger partial charge in [0.15, 0.2) is 0 Å². The molecule has 0 saturated carbocycles. The van der Waals surface area contributed by atoms with E-state index in [4.69, 9.17) is 16.0 Å². The molecule has 0 aliphatic rings. The van der Waals surface area contributed by atoms with E-state index in [0.29, 0.717) is 5.58 Å². The van der Waals surface area contributed by atoms with Crippen LogP contribution < -0.4 is 5.63 Å². The molecule has 0 aliphatic carbocycles. The molecule has 0 N–H and O–H groups in total. The van der Waals surface area contributed by atoms with Crippen LogP contribution >= 0.6 is 11.6 Å². The van der Waals surface area contributed by atoms with Crippen LogP contribution in [0.1, 0.15) is 16.7 Å². The van der Waals surface area contributed by atoms with Crippen molar-refractivity contribution in [3.8, 4) is 0 Å². The summed E-state index contributed by atoms with van der Waals surface area (Å²) in [7, 11) is 0. The monoisotopic (exact) mass is 222 g/mol. The van der Waals surface area contributed by atoms with Crippen LogP contribution in [0.3, 0.4) is 0 Å². The summed E-state index contributed by atoms with van der Waals surface area (Å²) in [4.78, 5) is 11.2. The second-order valence-corrected chi connectivity index (χ2v) is 4.13. The van der Waals surface area contributed by atoms with E-state index in [-0.39, 0.29) is 5.63 Å². The molecule has 0 amide bonds. The van der Waals surface area contributed by atoms with Gasteiger partial charge in [0.25, 0.3) is 0 Å². The number of aryl methyl sites for hydroxylation is 3. The van der Waals surface area contributed by atoms with Crippen molar-refractivity contribution in [2.45, 2.75) is 20.8 Å². The number of fused-ring (bicyclic) bond motifs is 1. The molecule has 2 rings (SSSR count). The van der Waals surface area contributed by atoms with Crippen LogP contribution in [0.4, 0.5) is 0 Å². The Morgan fingerprint density at radius 3 is 2.47 bits per heavy atom. The van der Waals surface area contributed by atoms with E-state index in [1.54, 1.807) is 6.07 Å². The third-order valence-corrected chi connectivity index (χ3v) is 3.17. The molecule has 15 heavy (non-hydrogen) atoms. The largest absolute Gasteiger partial charge is 0.423 e. The molecule has 0 bridgehead atoms. The van der Waals surface area contributed by atoms with E-state index in [1.807, 2.05) is 20.8 Å². The number of rotatable bonds is 0. The Hall–Kier alpha value is -1.28. The highest BCUT2D eigenvalue weighted by atomic mass is 35.5. The lowest BCUT2D eigenvalue weighted by molar-refractivity contribution is 0.559. The van der Waals surface area contributed by atoms with E-state index in [9.17, 15) is 4.79 Å². The highest BCUT2D eigenvalue weighted by Gasteiger charge is 2.10. The normalized spacial score (nSPS) is 10.9. The Kier molecular flexibility index (Phi) is 2.31. The first-order valence-electron chi connectivity index (χ1n) is 4.71. The van der Waals surface area contributed by atoms with Crippen LogP contribution in [0.5, 0.6) is 0 Å². The summed E-state index contributed by atoms with van der Waals surface area (Å²) in [6, 6.07) is 3.29. The number of benzene rings is 1. The minimum atomic E-state index is -0.318. The fourth-order valence-corrected chi connectivity index (χ4v) is 2.03. The van der Waals surface area contributed by atoms with Gasteiger partial charge in [-0.25, -0.2) is 4.79 Å². The van der Waals surface area contributed by atoms with Gasteiger partial charge in [0.1, 0.15) is 5.58 Å². The van der Waals surface area contributed by atoms with Crippen LogP contribution in [-0.2, 0) is 0 Å². The topological polar surface area (TPSA) is 30.2 Å². The van der Waals surface area contributed by atoms with Gasteiger partial charge in [0.2, 0.25) is 0 Å². The first-order valence-corrected chi connectivity index (χ1v) is 5.08. The van der Waals surface area contributed by atoms with Crippen molar-refractivity contribution in [1.82, 2.24) is 0 Å². The molecular formula is C12H11ClO2. The maximum atomic E-state index is 11.2. The van der Waals surface area contributed by atoms with Crippen LogP contribution in [0.2, 0.25) is 5.02 Å². The van der Waals surface area contributed by atoms with Gasteiger partial charge in [-0.05, 0) is 43.5 Å². The van der Waals surface area contributed by atoms with Crippen molar-refractivity contribution in [2.24, 2.45) is 0 Å². The molecule has 1 heterocycles. The Balaban J connectivity index is 3.05. The van der Waals surface area contributed by atoms with Gasteiger partial charge in [-0.15, -0.1) is 0 Å². The van der Waals surface area contributed by atoms with Gasteiger partial charge >= 0.3 is 5.63 Å². The number of halogens is 1. The number of hydrogen-bond acceptors (Lipinski definition) is 2. The van der Waals surface area contributed by atoms with Crippen molar-refractivity contribution in [1.29, 1.82) is 0 Å². The maximum Gasteiger partial charge on any atom is 0.336 e. The highest BCUT2D eigenvalue weighted by molar-refractivity contribution is 6.33. The SMILES string of the molecule is Cc1cc2oc(=O)cc(C)c2c(C)c1Cl. The molecule has 0 spiro atoms. The fourth-order valence-electron chi connectivity index (χ4n) is 1.88. The van der Waals surface area contributed by atoms with Crippen molar-refractivity contribution in [3.05, 3.63) is 44.3 Å². The summed E-state index contributed by atoms with van der Waals surface area (Å²) in [6.45, 7) is 5.72. The second kappa shape index (κ2) is 3.38. The van der Waals surface area contributed by atoms with Crippen LogP contribution in [0, 0.1) is 20.8 Å². The zero-order valence-electron chi connectivity index (χ0n) is 8.85. The van der Waals surface area contributed by atoms with E-state index < -0.39 is 0 Å². The van der Waals surface area contributed by atoms with Crippen molar-refractivity contribution in [2.75, 3.05) is 0 Å². The van der Waals surface area contributed by atoms with Gasteiger partial charge in [-0.1, -0.05) is 11.6 Å². The molecular weight excluding hydrogens is 212 g/mol. The molecule has 1 aromatic heterocycles. The Labute approximate surface area is 92.5 Å². The smallest absolute Gasteiger partial charge is 0.336 e. The molecule has 3 heteroatoms. The summed E-state index contributed by atoms with van der Waals surface area (Å²) in [5.41, 5.74) is 3.09. The van der Waals surface area contributed by atoms with Crippen molar-refractivity contribution >= 4 is 22.6 Å². The fraction of sp³-hybridized carbons (Fsp3) is 0.250. The minimum absolute atomic E-state index is 0.318. The summed E-state index contributed by atoms with van der Waals surface area (Å²) in [5.74, 6) is 0. The molecule has 0 radical (unpaired) electrons. The Bertz CT molecular complexity index is 597. The molecule has 0 saturated heterocycles. The average Bonchev–Trinajstić information content (AvgIpc) is 2.13. The zero-order chi connectivity index (χ0) is 11.2. The van der Waals surface area contributed by atoms with Gasteiger partial charge in [-0.2, -0.15) is 0 Å². The van der Waals surface area contributed by atoms with Crippen LogP contribution in [-0.4, -0.2) is 0 Å². The molecule has 0 unspecified atom stereocenters. The molecule has 78 valence electrons. The number of hydrogen-bond donors (Lipinski definition) is 0. The van der Waals surface area contributed by atoms with E-state index >= 15 is 0 Å². The van der Waals surface area contributed by atoms with Gasteiger partial charge < -0.3 is 4.42 Å². The molecule has 0 fully saturated rings. The van der Waals surface area contributed by atoms with Crippen molar-refractivity contribution < 1.29 is 4.42 Å². The molecule has 1 aromatic carbocycles. The van der Waals surface area contributed by atoms with Crippen molar-refractivity contribution in [3.63, 3.8) is 0 Å². The first-order chi connectivity index (χ1) is 7.00. The van der Waals surface area contributed by atoms with Crippen LogP contribution in [0.15, 0.2) is 21.3 Å². The van der Waals surface area contributed by atoms with E-state index in [0.717, 1.165) is 27.1 Å². The summed E-state index contributed by atoms with van der Waals surface area (Å²) in [5, 5.41) is 1.67. The third-order valence-electron chi connectivity index (χ3n) is 2.58. The second-order valence-electron chi connectivity index (χ2n) is 3.75.